The Hall–Kier alpha value is -0.830. The molecule has 0 aliphatic carbocycles. The highest BCUT2D eigenvalue weighted by Gasteiger charge is 2.14. The molecule has 1 saturated heterocycles. The monoisotopic (exact) mass is 154 g/mol. The van der Waals surface area contributed by atoms with E-state index in [1.807, 2.05) is 13.1 Å². The fraction of sp³-hybridized carbons (Fsp3) is 0.625. The SMILES string of the molecule is CNCC/C=C1\CCNC1=O. The molecule has 0 radical (unpaired) electrons. The maximum Gasteiger partial charge on any atom is 0.246 e. The fourth-order valence-electron chi connectivity index (χ4n) is 1.12. The standard InChI is InChI=1S/C8H14N2O/c1-9-5-2-3-7-4-6-10-8(7)11/h3,9H,2,4-6H2,1H3,(H,10,11)/b7-3+. The van der Waals surface area contributed by atoms with Crippen LogP contribution in [0.4, 0.5) is 0 Å². The molecular formula is C8H14N2O. The van der Waals surface area contributed by atoms with E-state index in [1.54, 1.807) is 0 Å². The molecule has 2 N–H and O–H groups in total. The van der Waals surface area contributed by atoms with E-state index >= 15 is 0 Å². The van der Waals surface area contributed by atoms with Gasteiger partial charge in [-0.3, -0.25) is 4.79 Å². The molecule has 0 bridgehead atoms. The lowest BCUT2D eigenvalue weighted by Gasteiger charge is -1.93. The van der Waals surface area contributed by atoms with Gasteiger partial charge >= 0.3 is 0 Å². The Morgan fingerprint density at radius 2 is 2.55 bits per heavy atom. The van der Waals surface area contributed by atoms with Crippen molar-refractivity contribution in [1.29, 1.82) is 0 Å². The van der Waals surface area contributed by atoms with E-state index < -0.39 is 0 Å². The Morgan fingerprint density at radius 1 is 1.73 bits per heavy atom. The van der Waals surface area contributed by atoms with Crippen molar-refractivity contribution in [1.82, 2.24) is 10.6 Å². The first-order chi connectivity index (χ1) is 5.34. The van der Waals surface area contributed by atoms with E-state index in [4.69, 9.17) is 0 Å². The van der Waals surface area contributed by atoms with Gasteiger partial charge in [0.1, 0.15) is 0 Å². The summed E-state index contributed by atoms with van der Waals surface area (Å²) in [6.07, 6.45) is 3.85. The zero-order chi connectivity index (χ0) is 8.10. The molecule has 1 aliphatic rings. The van der Waals surface area contributed by atoms with Crippen LogP contribution in [0.25, 0.3) is 0 Å². The van der Waals surface area contributed by atoms with Crippen molar-refractivity contribution in [2.24, 2.45) is 0 Å². The van der Waals surface area contributed by atoms with Crippen LogP contribution in [-0.4, -0.2) is 26.0 Å². The van der Waals surface area contributed by atoms with E-state index in [0.29, 0.717) is 0 Å². The number of carbonyl (C=O) groups excluding carboxylic acids is 1. The minimum absolute atomic E-state index is 0.112. The Bertz CT molecular complexity index is 175. The zero-order valence-electron chi connectivity index (χ0n) is 6.81. The first kappa shape index (κ1) is 8.27. The number of rotatable bonds is 3. The molecule has 0 aromatic carbocycles. The highest BCUT2D eigenvalue weighted by Crippen LogP contribution is 2.07. The van der Waals surface area contributed by atoms with E-state index in [9.17, 15) is 4.79 Å². The van der Waals surface area contributed by atoms with Crippen LogP contribution in [0.5, 0.6) is 0 Å². The summed E-state index contributed by atoms with van der Waals surface area (Å²) >= 11 is 0. The van der Waals surface area contributed by atoms with Gasteiger partial charge in [0, 0.05) is 12.1 Å². The first-order valence-electron chi connectivity index (χ1n) is 3.96. The van der Waals surface area contributed by atoms with Crippen LogP contribution < -0.4 is 10.6 Å². The lowest BCUT2D eigenvalue weighted by atomic mass is 10.2. The van der Waals surface area contributed by atoms with E-state index in [2.05, 4.69) is 10.6 Å². The van der Waals surface area contributed by atoms with Crippen LogP contribution in [0.15, 0.2) is 11.6 Å². The number of hydrogen-bond acceptors (Lipinski definition) is 2. The van der Waals surface area contributed by atoms with Crippen molar-refractivity contribution in [2.75, 3.05) is 20.1 Å². The highest BCUT2D eigenvalue weighted by atomic mass is 16.1. The van der Waals surface area contributed by atoms with Gasteiger partial charge in [0.05, 0.1) is 0 Å². The van der Waals surface area contributed by atoms with E-state index in [0.717, 1.165) is 31.5 Å². The van der Waals surface area contributed by atoms with Crippen molar-refractivity contribution < 1.29 is 4.79 Å². The van der Waals surface area contributed by atoms with Crippen molar-refractivity contribution in [3.8, 4) is 0 Å². The van der Waals surface area contributed by atoms with Crippen molar-refractivity contribution >= 4 is 5.91 Å². The quantitative estimate of drug-likeness (QED) is 0.445. The number of carbonyl (C=O) groups is 1. The molecule has 0 spiro atoms. The van der Waals surface area contributed by atoms with E-state index in [1.165, 1.54) is 0 Å². The fourth-order valence-corrected chi connectivity index (χ4v) is 1.12. The lowest BCUT2D eigenvalue weighted by molar-refractivity contribution is -0.116. The summed E-state index contributed by atoms with van der Waals surface area (Å²) in [7, 11) is 1.91. The van der Waals surface area contributed by atoms with Gasteiger partial charge in [-0.15, -0.1) is 0 Å². The summed E-state index contributed by atoms with van der Waals surface area (Å²) in [6, 6.07) is 0. The predicted molar refractivity (Wildman–Crippen MR) is 44.3 cm³/mol. The maximum atomic E-state index is 11.0. The van der Waals surface area contributed by atoms with Gasteiger partial charge in [0.15, 0.2) is 0 Å². The second kappa shape index (κ2) is 4.13. The van der Waals surface area contributed by atoms with Crippen LogP contribution in [-0.2, 0) is 4.79 Å². The van der Waals surface area contributed by atoms with Crippen molar-refractivity contribution in [3.05, 3.63) is 11.6 Å². The summed E-state index contributed by atoms with van der Waals surface area (Å²) in [6.45, 7) is 1.75. The Morgan fingerprint density at radius 3 is 3.09 bits per heavy atom. The van der Waals surface area contributed by atoms with Gasteiger partial charge < -0.3 is 10.6 Å². The second-order valence-corrected chi connectivity index (χ2v) is 2.63. The van der Waals surface area contributed by atoms with Crippen LogP contribution in [0.1, 0.15) is 12.8 Å². The molecule has 11 heavy (non-hydrogen) atoms. The largest absolute Gasteiger partial charge is 0.352 e. The lowest BCUT2D eigenvalue weighted by Crippen LogP contribution is -2.14. The normalized spacial score (nSPS) is 20.8. The van der Waals surface area contributed by atoms with Gasteiger partial charge in [-0.05, 0) is 26.4 Å². The van der Waals surface area contributed by atoms with Crippen molar-refractivity contribution in [3.63, 3.8) is 0 Å². The molecular weight excluding hydrogens is 140 g/mol. The van der Waals surface area contributed by atoms with Gasteiger partial charge in [-0.1, -0.05) is 6.08 Å². The maximum absolute atomic E-state index is 11.0. The molecule has 3 nitrogen and oxygen atoms in total. The van der Waals surface area contributed by atoms with Crippen LogP contribution in [0.2, 0.25) is 0 Å². The molecule has 1 fully saturated rings. The molecule has 0 unspecified atom stereocenters. The molecule has 62 valence electrons. The minimum Gasteiger partial charge on any atom is -0.352 e. The average Bonchev–Trinajstić information content (AvgIpc) is 2.37. The molecule has 0 atom stereocenters. The number of hydrogen-bond donors (Lipinski definition) is 2. The third-order valence-electron chi connectivity index (χ3n) is 1.76. The topological polar surface area (TPSA) is 41.1 Å². The van der Waals surface area contributed by atoms with E-state index in [-0.39, 0.29) is 5.91 Å². The van der Waals surface area contributed by atoms with Gasteiger partial charge in [-0.25, -0.2) is 0 Å². The van der Waals surface area contributed by atoms with Crippen LogP contribution in [0, 0.1) is 0 Å². The first-order valence-corrected chi connectivity index (χ1v) is 3.96. The summed E-state index contributed by atoms with van der Waals surface area (Å²) in [5.74, 6) is 0.112. The van der Waals surface area contributed by atoms with Gasteiger partial charge in [0.25, 0.3) is 0 Å². The summed E-state index contributed by atoms with van der Waals surface area (Å²) in [5.41, 5.74) is 0.945. The zero-order valence-corrected chi connectivity index (χ0v) is 6.81. The Balaban J connectivity index is 2.33. The van der Waals surface area contributed by atoms with Crippen LogP contribution in [0.3, 0.4) is 0 Å². The van der Waals surface area contributed by atoms with Gasteiger partial charge in [-0.2, -0.15) is 0 Å². The molecule has 0 aromatic heterocycles. The van der Waals surface area contributed by atoms with Crippen molar-refractivity contribution in [2.45, 2.75) is 12.8 Å². The summed E-state index contributed by atoms with van der Waals surface area (Å²) in [4.78, 5) is 11.0. The smallest absolute Gasteiger partial charge is 0.246 e. The number of nitrogens with one attached hydrogen (secondary N) is 2. The summed E-state index contributed by atoms with van der Waals surface area (Å²) in [5, 5.41) is 5.80. The molecule has 0 saturated carbocycles. The number of amides is 1. The average molecular weight is 154 g/mol. The van der Waals surface area contributed by atoms with Crippen LogP contribution >= 0.6 is 0 Å². The van der Waals surface area contributed by atoms with Gasteiger partial charge in [0.2, 0.25) is 5.91 Å². The predicted octanol–water partition coefficient (Wildman–Crippen LogP) is 0.0422. The molecule has 1 heterocycles. The molecule has 1 amide bonds. The second-order valence-electron chi connectivity index (χ2n) is 2.63. The molecule has 0 aromatic rings. The molecule has 1 aliphatic heterocycles. The molecule has 3 heteroatoms. The Labute approximate surface area is 66.9 Å². The third-order valence-corrected chi connectivity index (χ3v) is 1.76. The molecule has 1 rings (SSSR count). The highest BCUT2D eigenvalue weighted by molar-refractivity contribution is 5.95. The Kier molecular flexibility index (Phi) is 3.11. The third kappa shape index (κ3) is 2.35. The summed E-state index contributed by atoms with van der Waals surface area (Å²) < 4.78 is 0. The minimum atomic E-state index is 0.112.